The highest BCUT2D eigenvalue weighted by atomic mass is 15.1. The second-order valence-electron chi connectivity index (χ2n) is 14.9. The van der Waals surface area contributed by atoms with Crippen LogP contribution in [-0.4, -0.2) is 4.57 Å². The summed E-state index contributed by atoms with van der Waals surface area (Å²) in [6.07, 6.45) is 8.85. The Morgan fingerprint density at radius 1 is 0.491 bits per heavy atom. The van der Waals surface area contributed by atoms with E-state index in [2.05, 4.69) is 205 Å². The highest BCUT2D eigenvalue weighted by molar-refractivity contribution is 6.11. The first-order valence-corrected chi connectivity index (χ1v) is 18.7. The van der Waals surface area contributed by atoms with E-state index in [1.165, 1.54) is 77.7 Å². The van der Waals surface area contributed by atoms with Gasteiger partial charge >= 0.3 is 0 Å². The van der Waals surface area contributed by atoms with Crippen molar-refractivity contribution in [1.82, 2.24) is 4.57 Å². The maximum atomic E-state index is 2.45. The summed E-state index contributed by atoms with van der Waals surface area (Å²) in [7, 11) is 0. The number of allylic oxidation sites excluding steroid dienone is 4. The van der Waals surface area contributed by atoms with E-state index >= 15 is 0 Å². The molecule has 7 aromatic carbocycles. The third kappa shape index (κ3) is 5.17. The van der Waals surface area contributed by atoms with E-state index in [-0.39, 0.29) is 5.41 Å². The number of benzene rings is 7. The van der Waals surface area contributed by atoms with Gasteiger partial charge in [-0.1, -0.05) is 135 Å². The number of nitrogens with zero attached hydrogens (tertiary/aromatic N) is 2. The van der Waals surface area contributed by atoms with Crippen molar-refractivity contribution in [3.05, 3.63) is 193 Å². The summed E-state index contributed by atoms with van der Waals surface area (Å²) in [4.78, 5) is 2.38. The van der Waals surface area contributed by atoms with Gasteiger partial charge in [-0.2, -0.15) is 0 Å². The molecule has 0 bridgehead atoms. The van der Waals surface area contributed by atoms with Crippen molar-refractivity contribution in [3.8, 4) is 33.4 Å². The largest absolute Gasteiger partial charge is 0.313 e. The highest BCUT2D eigenvalue weighted by Crippen LogP contribution is 2.50. The average molecular weight is 681 g/mol. The van der Waals surface area contributed by atoms with Gasteiger partial charge in [0.15, 0.2) is 0 Å². The lowest BCUT2D eigenvalue weighted by Crippen LogP contribution is -2.16. The predicted octanol–water partition coefficient (Wildman–Crippen LogP) is 14.1. The molecule has 0 saturated heterocycles. The van der Waals surface area contributed by atoms with E-state index in [1.807, 2.05) is 0 Å². The van der Waals surface area contributed by atoms with Gasteiger partial charge in [0.25, 0.3) is 0 Å². The summed E-state index contributed by atoms with van der Waals surface area (Å²) in [5, 5.41) is 2.60. The van der Waals surface area contributed by atoms with E-state index in [4.69, 9.17) is 0 Å². The maximum Gasteiger partial charge on any atom is 0.0538 e. The number of para-hydroxylation sites is 2. The van der Waals surface area contributed by atoms with Crippen LogP contribution >= 0.6 is 0 Å². The second kappa shape index (κ2) is 12.4. The van der Waals surface area contributed by atoms with E-state index in [0.717, 1.165) is 24.2 Å². The topological polar surface area (TPSA) is 8.17 Å². The van der Waals surface area contributed by atoms with Gasteiger partial charge in [-0.3, -0.25) is 0 Å². The Balaban J connectivity index is 0.970. The summed E-state index contributed by atoms with van der Waals surface area (Å²) in [6.45, 7) is 4.69. The quantitative estimate of drug-likeness (QED) is 0.170. The first-order valence-electron chi connectivity index (χ1n) is 18.7. The number of aromatic nitrogens is 1. The molecule has 0 spiro atoms. The monoisotopic (exact) mass is 680 g/mol. The molecule has 0 atom stereocenters. The first kappa shape index (κ1) is 31.4. The van der Waals surface area contributed by atoms with Gasteiger partial charge in [-0.15, -0.1) is 0 Å². The van der Waals surface area contributed by atoms with E-state index in [9.17, 15) is 0 Å². The fraction of sp³-hybridized carbons (Fsp3) is 0.0980. The van der Waals surface area contributed by atoms with Gasteiger partial charge < -0.3 is 9.47 Å². The van der Waals surface area contributed by atoms with Crippen molar-refractivity contribution in [3.63, 3.8) is 0 Å². The van der Waals surface area contributed by atoms with Crippen LogP contribution in [0.1, 0.15) is 37.8 Å². The van der Waals surface area contributed by atoms with Crippen molar-refractivity contribution >= 4 is 44.6 Å². The molecule has 2 aliphatic carbocycles. The van der Waals surface area contributed by atoms with Gasteiger partial charge in [0.2, 0.25) is 0 Å². The van der Waals surface area contributed by atoms with E-state index < -0.39 is 0 Å². The lowest BCUT2D eigenvalue weighted by molar-refractivity contribution is 0.660. The van der Waals surface area contributed by atoms with Crippen LogP contribution in [0, 0.1) is 0 Å². The first-order chi connectivity index (χ1) is 26.0. The van der Waals surface area contributed by atoms with Crippen molar-refractivity contribution in [1.29, 1.82) is 0 Å². The summed E-state index contributed by atoms with van der Waals surface area (Å²) in [5.74, 6) is 0. The molecule has 254 valence electrons. The number of fused-ring (bicyclic) bond motifs is 6. The zero-order valence-corrected chi connectivity index (χ0v) is 30.1. The Labute approximate surface area is 311 Å². The van der Waals surface area contributed by atoms with Crippen molar-refractivity contribution in [2.45, 2.75) is 32.1 Å². The molecule has 0 N–H and O–H groups in total. The van der Waals surface area contributed by atoms with Crippen LogP contribution in [0.4, 0.5) is 17.1 Å². The summed E-state index contributed by atoms with van der Waals surface area (Å²) < 4.78 is 2.45. The van der Waals surface area contributed by atoms with Crippen molar-refractivity contribution in [2.75, 3.05) is 4.90 Å². The molecule has 0 unspecified atom stereocenters. The normalized spacial score (nSPS) is 14.3. The highest BCUT2D eigenvalue weighted by Gasteiger charge is 2.35. The van der Waals surface area contributed by atoms with Gasteiger partial charge in [-0.05, 0) is 118 Å². The number of hydrogen-bond donors (Lipinski definition) is 0. The van der Waals surface area contributed by atoms with Gasteiger partial charge in [-0.25, -0.2) is 0 Å². The van der Waals surface area contributed by atoms with Crippen LogP contribution in [0.2, 0.25) is 0 Å². The molecule has 2 aliphatic rings. The molecule has 2 nitrogen and oxygen atoms in total. The molecular formula is C51H40N2. The minimum Gasteiger partial charge on any atom is -0.313 e. The molecule has 53 heavy (non-hydrogen) atoms. The standard InChI is InChI=1S/C51H40N2/c1-51(2)47-19-11-9-17-43(47)44-31-30-42(34-48(44)51)52(39-13-5-3-6-14-39)41-28-25-36(26-29-41)35-21-23-37(24-22-35)38-27-32-50-46(33-38)45-18-10-12-20-49(45)53(50)40-15-7-4-8-16-40/h3-7,9-15,17-34H,8,16H2,1-2H3. The smallest absolute Gasteiger partial charge is 0.0538 e. The Kier molecular flexibility index (Phi) is 7.33. The Morgan fingerprint density at radius 2 is 1.09 bits per heavy atom. The molecule has 0 aliphatic heterocycles. The van der Waals surface area contributed by atoms with Crippen LogP contribution < -0.4 is 4.90 Å². The van der Waals surface area contributed by atoms with Crippen LogP contribution in [0.3, 0.4) is 0 Å². The molecule has 0 radical (unpaired) electrons. The molecule has 0 saturated carbocycles. The molecule has 10 rings (SSSR count). The molecule has 1 aromatic heterocycles. The molecule has 0 amide bonds. The average Bonchev–Trinajstić information content (AvgIpc) is 3.67. The van der Waals surface area contributed by atoms with Crippen molar-refractivity contribution in [2.24, 2.45) is 0 Å². The van der Waals surface area contributed by atoms with Crippen LogP contribution in [-0.2, 0) is 5.41 Å². The predicted molar refractivity (Wildman–Crippen MR) is 225 cm³/mol. The summed E-state index contributed by atoms with van der Waals surface area (Å²) in [5.41, 5.74) is 17.6. The third-order valence-corrected chi connectivity index (χ3v) is 11.5. The Morgan fingerprint density at radius 3 is 1.87 bits per heavy atom. The molecule has 8 aromatic rings. The Hall–Kier alpha value is -6.38. The van der Waals surface area contributed by atoms with E-state index in [0.29, 0.717) is 0 Å². The minimum absolute atomic E-state index is 0.0600. The SMILES string of the molecule is CC1(C)c2ccccc2-c2ccc(N(c3ccccc3)c3ccc(-c4ccc(-c5ccc6c(c5)c5ccccc5n6C5=CC=CCC5)cc4)cc3)cc21. The van der Waals surface area contributed by atoms with Crippen molar-refractivity contribution < 1.29 is 0 Å². The van der Waals surface area contributed by atoms with E-state index in [1.54, 1.807) is 0 Å². The number of rotatable bonds is 6. The fourth-order valence-corrected chi connectivity index (χ4v) is 8.75. The van der Waals surface area contributed by atoms with Crippen LogP contribution in [0.5, 0.6) is 0 Å². The van der Waals surface area contributed by atoms with Crippen LogP contribution in [0.25, 0.3) is 60.9 Å². The Bertz CT molecular complexity index is 2720. The lowest BCUT2D eigenvalue weighted by atomic mass is 9.82. The third-order valence-electron chi connectivity index (χ3n) is 11.5. The van der Waals surface area contributed by atoms with Gasteiger partial charge in [0.05, 0.1) is 11.0 Å². The van der Waals surface area contributed by atoms with Gasteiger partial charge in [0.1, 0.15) is 0 Å². The second-order valence-corrected chi connectivity index (χ2v) is 14.9. The summed E-state index contributed by atoms with van der Waals surface area (Å²) >= 11 is 0. The lowest BCUT2D eigenvalue weighted by Gasteiger charge is -2.28. The zero-order valence-electron chi connectivity index (χ0n) is 30.1. The summed E-state index contributed by atoms with van der Waals surface area (Å²) in [6, 6.07) is 60.3. The minimum atomic E-state index is -0.0600. The molecule has 1 heterocycles. The van der Waals surface area contributed by atoms with Gasteiger partial charge in [0, 0.05) is 38.9 Å². The van der Waals surface area contributed by atoms with Crippen LogP contribution in [0.15, 0.2) is 182 Å². The zero-order chi connectivity index (χ0) is 35.5. The fourth-order valence-electron chi connectivity index (χ4n) is 8.75. The molecular weight excluding hydrogens is 641 g/mol. The maximum absolute atomic E-state index is 2.45. The number of anilines is 3. The molecule has 2 heteroatoms. The number of hydrogen-bond acceptors (Lipinski definition) is 1. The molecule has 0 fully saturated rings.